The van der Waals surface area contributed by atoms with E-state index < -0.39 is 0 Å². The van der Waals surface area contributed by atoms with Crippen molar-refractivity contribution in [1.29, 1.82) is 0 Å². The van der Waals surface area contributed by atoms with Gasteiger partial charge in [-0.2, -0.15) is 0 Å². The summed E-state index contributed by atoms with van der Waals surface area (Å²) < 4.78 is 16.0. The van der Waals surface area contributed by atoms with Crippen LogP contribution in [0.1, 0.15) is 44.0 Å². The summed E-state index contributed by atoms with van der Waals surface area (Å²) in [5, 5.41) is 3.14. The monoisotopic (exact) mass is 350 g/mol. The quantitative estimate of drug-likeness (QED) is 0.885. The average Bonchev–Trinajstić information content (AvgIpc) is 2.59. The molecule has 1 aromatic carbocycles. The largest absolute Gasteiger partial charge is 0.493 e. The highest BCUT2D eigenvalue weighted by Gasteiger charge is 2.29. The van der Waals surface area contributed by atoms with Gasteiger partial charge in [0, 0.05) is 23.7 Å². The van der Waals surface area contributed by atoms with Crippen molar-refractivity contribution in [3.63, 3.8) is 0 Å². The standard InChI is InChI=1S/C19H30N2O4/c1-19(2,3)21-9-7-8-14(12-21)20-18(22)13-10-15(23-4)17(25-6)16(11-13)24-5/h10-11,14H,7-9,12H2,1-6H3,(H,20,22). The summed E-state index contributed by atoms with van der Waals surface area (Å²) in [6.45, 7) is 8.54. The van der Waals surface area contributed by atoms with Crippen LogP contribution in [-0.2, 0) is 0 Å². The molecule has 0 aromatic heterocycles. The molecular formula is C19H30N2O4. The Hall–Kier alpha value is -1.95. The summed E-state index contributed by atoms with van der Waals surface area (Å²) in [6, 6.07) is 3.50. The molecule has 1 saturated heterocycles. The van der Waals surface area contributed by atoms with E-state index in [0.29, 0.717) is 22.8 Å². The summed E-state index contributed by atoms with van der Waals surface area (Å²) in [5.74, 6) is 1.32. The van der Waals surface area contributed by atoms with Gasteiger partial charge in [-0.3, -0.25) is 9.69 Å². The molecule has 25 heavy (non-hydrogen) atoms. The molecule has 6 heteroatoms. The summed E-state index contributed by atoms with van der Waals surface area (Å²) in [4.78, 5) is 15.1. The highest BCUT2D eigenvalue weighted by molar-refractivity contribution is 5.95. The number of nitrogens with one attached hydrogen (secondary N) is 1. The van der Waals surface area contributed by atoms with Gasteiger partial charge in [0.15, 0.2) is 11.5 Å². The Morgan fingerprint density at radius 2 is 1.72 bits per heavy atom. The Balaban J connectivity index is 2.15. The van der Waals surface area contributed by atoms with Crippen LogP contribution in [0.15, 0.2) is 12.1 Å². The molecule has 1 aromatic rings. The first-order valence-electron chi connectivity index (χ1n) is 8.66. The third-order valence-electron chi connectivity index (χ3n) is 4.63. The lowest BCUT2D eigenvalue weighted by atomic mass is 9.98. The van der Waals surface area contributed by atoms with Gasteiger partial charge in [0.1, 0.15) is 0 Å². The molecule has 1 fully saturated rings. The summed E-state index contributed by atoms with van der Waals surface area (Å²) >= 11 is 0. The maximum absolute atomic E-state index is 12.7. The van der Waals surface area contributed by atoms with Gasteiger partial charge in [-0.25, -0.2) is 0 Å². The predicted molar refractivity (Wildman–Crippen MR) is 97.9 cm³/mol. The summed E-state index contributed by atoms with van der Waals surface area (Å²) in [5.41, 5.74) is 0.609. The van der Waals surface area contributed by atoms with Crippen LogP contribution in [0, 0.1) is 0 Å². The SMILES string of the molecule is COc1cc(C(=O)NC2CCCN(C(C)(C)C)C2)cc(OC)c1OC. The van der Waals surface area contributed by atoms with Crippen LogP contribution in [0.25, 0.3) is 0 Å². The molecule has 0 spiro atoms. The Labute approximate surface area is 150 Å². The molecule has 0 radical (unpaired) electrons. The molecule has 0 aliphatic carbocycles. The Morgan fingerprint density at radius 1 is 1.12 bits per heavy atom. The predicted octanol–water partition coefficient (Wildman–Crippen LogP) is 2.71. The third kappa shape index (κ3) is 4.57. The smallest absolute Gasteiger partial charge is 0.251 e. The van der Waals surface area contributed by atoms with Crippen LogP contribution in [0.2, 0.25) is 0 Å². The molecule has 1 aliphatic heterocycles. The van der Waals surface area contributed by atoms with Crippen molar-refractivity contribution < 1.29 is 19.0 Å². The van der Waals surface area contributed by atoms with Gasteiger partial charge in [0.25, 0.3) is 5.91 Å². The Kier molecular flexibility index (Phi) is 6.16. The molecule has 140 valence electrons. The molecule has 1 N–H and O–H groups in total. The number of rotatable bonds is 5. The second-order valence-corrected chi connectivity index (χ2v) is 7.34. The third-order valence-corrected chi connectivity index (χ3v) is 4.63. The zero-order valence-electron chi connectivity index (χ0n) is 16.1. The normalized spacial score (nSPS) is 18.6. The number of methoxy groups -OCH3 is 3. The number of amides is 1. The van der Waals surface area contributed by atoms with Gasteiger partial charge in [-0.05, 0) is 52.3 Å². The van der Waals surface area contributed by atoms with E-state index in [0.717, 1.165) is 25.9 Å². The molecule has 1 heterocycles. The van der Waals surface area contributed by atoms with Crippen LogP contribution < -0.4 is 19.5 Å². The number of hydrogen-bond acceptors (Lipinski definition) is 5. The fourth-order valence-electron chi connectivity index (χ4n) is 3.19. The minimum Gasteiger partial charge on any atom is -0.493 e. The lowest BCUT2D eigenvalue weighted by molar-refractivity contribution is 0.0762. The van der Waals surface area contributed by atoms with Crippen LogP contribution in [-0.4, -0.2) is 56.8 Å². The Morgan fingerprint density at radius 3 is 2.20 bits per heavy atom. The fraction of sp³-hybridized carbons (Fsp3) is 0.632. The average molecular weight is 350 g/mol. The second-order valence-electron chi connectivity index (χ2n) is 7.34. The lowest BCUT2D eigenvalue weighted by Gasteiger charge is -2.41. The molecule has 6 nitrogen and oxygen atoms in total. The van der Waals surface area contributed by atoms with E-state index in [1.165, 1.54) is 0 Å². The van der Waals surface area contributed by atoms with E-state index in [-0.39, 0.29) is 17.5 Å². The van der Waals surface area contributed by atoms with Crippen LogP contribution in [0.3, 0.4) is 0 Å². The second kappa shape index (κ2) is 7.95. The molecule has 1 unspecified atom stereocenters. The van der Waals surface area contributed by atoms with Crippen LogP contribution in [0.4, 0.5) is 0 Å². The summed E-state index contributed by atoms with van der Waals surface area (Å²) in [6.07, 6.45) is 2.07. The van der Waals surface area contributed by atoms with Crippen molar-refractivity contribution in [3.05, 3.63) is 17.7 Å². The molecule has 1 amide bonds. The molecule has 0 saturated carbocycles. The van der Waals surface area contributed by atoms with Gasteiger partial charge in [-0.1, -0.05) is 0 Å². The first-order valence-corrected chi connectivity index (χ1v) is 8.66. The van der Waals surface area contributed by atoms with Gasteiger partial charge in [0.2, 0.25) is 5.75 Å². The number of nitrogens with zero attached hydrogens (tertiary/aromatic N) is 1. The first kappa shape index (κ1) is 19.4. The number of carbonyl (C=O) groups excluding carboxylic acids is 1. The van der Waals surface area contributed by atoms with Crippen LogP contribution >= 0.6 is 0 Å². The van der Waals surface area contributed by atoms with Crippen LogP contribution in [0.5, 0.6) is 17.2 Å². The fourth-order valence-corrected chi connectivity index (χ4v) is 3.19. The lowest BCUT2D eigenvalue weighted by Crippen LogP contribution is -2.53. The van der Waals surface area contributed by atoms with Crippen molar-refractivity contribution in [2.45, 2.75) is 45.2 Å². The number of hydrogen-bond donors (Lipinski definition) is 1. The zero-order valence-corrected chi connectivity index (χ0v) is 16.1. The maximum atomic E-state index is 12.7. The molecule has 0 bridgehead atoms. The molecule has 1 aliphatic rings. The highest BCUT2D eigenvalue weighted by Crippen LogP contribution is 2.38. The summed E-state index contributed by atoms with van der Waals surface area (Å²) in [7, 11) is 4.63. The van der Waals surface area contributed by atoms with E-state index in [1.807, 2.05) is 0 Å². The highest BCUT2D eigenvalue weighted by atomic mass is 16.5. The molecule has 2 rings (SSSR count). The number of carbonyl (C=O) groups is 1. The molecule has 1 atom stereocenters. The molecular weight excluding hydrogens is 320 g/mol. The van der Waals surface area contributed by atoms with Crippen molar-refractivity contribution in [3.8, 4) is 17.2 Å². The number of ether oxygens (including phenoxy) is 3. The number of likely N-dealkylation sites (tertiary alicyclic amines) is 1. The zero-order chi connectivity index (χ0) is 18.6. The Bertz CT molecular complexity index is 585. The van der Waals surface area contributed by atoms with Gasteiger partial charge in [0.05, 0.1) is 21.3 Å². The minimum atomic E-state index is -0.125. The van der Waals surface area contributed by atoms with E-state index in [1.54, 1.807) is 33.5 Å². The topological polar surface area (TPSA) is 60.0 Å². The van der Waals surface area contributed by atoms with E-state index in [2.05, 4.69) is 31.0 Å². The van der Waals surface area contributed by atoms with E-state index in [4.69, 9.17) is 14.2 Å². The van der Waals surface area contributed by atoms with E-state index in [9.17, 15) is 4.79 Å². The first-order chi connectivity index (χ1) is 11.8. The van der Waals surface area contributed by atoms with Crippen molar-refractivity contribution in [1.82, 2.24) is 10.2 Å². The maximum Gasteiger partial charge on any atom is 0.251 e. The van der Waals surface area contributed by atoms with Crippen molar-refractivity contribution >= 4 is 5.91 Å². The minimum absolute atomic E-state index is 0.107. The number of benzene rings is 1. The number of piperidine rings is 1. The van der Waals surface area contributed by atoms with Gasteiger partial charge >= 0.3 is 0 Å². The van der Waals surface area contributed by atoms with Crippen molar-refractivity contribution in [2.24, 2.45) is 0 Å². The van der Waals surface area contributed by atoms with Gasteiger partial charge in [-0.15, -0.1) is 0 Å². The van der Waals surface area contributed by atoms with Crippen molar-refractivity contribution in [2.75, 3.05) is 34.4 Å². The van der Waals surface area contributed by atoms with E-state index >= 15 is 0 Å². The van der Waals surface area contributed by atoms with Gasteiger partial charge < -0.3 is 19.5 Å².